The first kappa shape index (κ1) is 17.4. The van der Waals surface area contributed by atoms with Crippen LogP contribution in [0.4, 0.5) is 17.1 Å². The molecule has 0 saturated carbocycles. The number of nitrogens with one attached hydrogen (secondary N) is 2. The number of aryl methyl sites for hydroxylation is 1. The number of carbonyl (C=O) groups is 2. The smallest absolute Gasteiger partial charge is 0.257 e. The molecule has 0 aliphatic rings. The number of rotatable bonds is 5. The van der Waals surface area contributed by atoms with Crippen LogP contribution in [0.5, 0.6) is 0 Å². The number of pyridine rings is 1. The van der Waals surface area contributed by atoms with Gasteiger partial charge in [0.05, 0.1) is 17.4 Å². The van der Waals surface area contributed by atoms with E-state index in [1.54, 1.807) is 24.4 Å². The van der Waals surface area contributed by atoms with E-state index in [9.17, 15) is 9.59 Å². The van der Waals surface area contributed by atoms with Crippen molar-refractivity contribution < 1.29 is 9.59 Å². The SMILES string of the molecule is CC(=O)c1ccc(Nc2cncc(C(=O)Nc3cccc(C)c3)c2)cc1. The average molecular weight is 345 g/mol. The van der Waals surface area contributed by atoms with Crippen LogP contribution in [0.3, 0.4) is 0 Å². The highest BCUT2D eigenvalue weighted by atomic mass is 16.1. The molecule has 1 aromatic heterocycles. The molecule has 5 heteroatoms. The molecular weight excluding hydrogens is 326 g/mol. The molecule has 26 heavy (non-hydrogen) atoms. The van der Waals surface area contributed by atoms with E-state index in [0.717, 1.165) is 16.9 Å². The van der Waals surface area contributed by atoms with Gasteiger partial charge in [-0.3, -0.25) is 14.6 Å². The fourth-order valence-corrected chi connectivity index (χ4v) is 2.51. The van der Waals surface area contributed by atoms with Crippen LogP contribution < -0.4 is 10.6 Å². The molecule has 0 aliphatic heterocycles. The summed E-state index contributed by atoms with van der Waals surface area (Å²) in [5.41, 5.74) is 4.43. The molecule has 3 aromatic rings. The minimum absolute atomic E-state index is 0.0213. The third kappa shape index (κ3) is 4.33. The molecule has 3 rings (SSSR count). The number of anilines is 3. The van der Waals surface area contributed by atoms with Gasteiger partial charge in [-0.15, -0.1) is 0 Å². The molecule has 0 atom stereocenters. The van der Waals surface area contributed by atoms with Crippen molar-refractivity contribution in [2.24, 2.45) is 0 Å². The van der Waals surface area contributed by atoms with Gasteiger partial charge in [0.25, 0.3) is 5.91 Å². The van der Waals surface area contributed by atoms with Gasteiger partial charge >= 0.3 is 0 Å². The maximum absolute atomic E-state index is 12.4. The number of hydrogen-bond donors (Lipinski definition) is 2. The van der Waals surface area contributed by atoms with Crippen molar-refractivity contribution in [1.29, 1.82) is 0 Å². The quantitative estimate of drug-likeness (QED) is 0.664. The number of benzene rings is 2. The lowest BCUT2D eigenvalue weighted by Gasteiger charge is -2.09. The Bertz CT molecular complexity index is 949. The maximum Gasteiger partial charge on any atom is 0.257 e. The first-order valence-corrected chi connectivity index (χ1v) is 8.22. The number of amides is 1. The van der Waals surface area contributed by atoms with Gasteiger partial charge in [-0.25, -0.2) is 0 Å². The molecule has 2 N–H and O–H groups in total. The van der Waals surface area contributed by atoms with Gasteiger partial charge < -0.3 is 10.6 Å². The average Bonchev–Trinajstić information content (AvgIpc) is 2.62. The van der Waals surface area contributed by atoms with Crippen molar-refractivity contribution in [3.63, 3.8) is 0 Å². The summed E-state index contributed by atoms with van der Waals surface area (Å²) in [6.07, 6.45) is 3.16. The number of aromatic nitrogens is 1. The normalized spacial score (nSPS) is 10.2. The molecule has 0 spiro atoms. The monoisotopic (exact) mass is 345 g/mol. The Hall–Kier alpha value is -3.47. The molecule has 0 unspecified atom stereocenters. The van der Waals surface area contributed by atoms with E-state index in [0.29, 0.717) is 16.8 Å². The lowest BCUT2D eigenvalue weighted by molar-refractivity contribution is 0.101. The minimum atomic E-state index is -0.223. The van der Waals surface area contributed by atoms with Gasteiger partial charge in [-0.2, -0.15) is 0 Å². The van der Waals surface area contributed by atoms with Crippen molar-refractivity contribution in [3.8, 4) is 0 Å². The molecule has 0 aliphatic carbocycles. The van der Waals surface area contributed by atoms with Gasteiger partial charge in [0, 0.05) is 23.1 Å². The summed E-state index contributed by atoms with van der Waals surface area (Å²) in [5.74, 6) is -0.202. The van der Waals surface area contributed by atoms with Gasteiger partial charge in [0.2, 0.25) is 0 Å². The summed E-state index contributed by atoms with van der Waals surface area (Å²) < 4.78 is 0. The van der Waals surface area contributed by atoms with Crippen LogP contribution in [0.2, 0.25) is 0 Å². The zero-order valence-corrected chi connectivity index (χ0v) is 14.6. The summed E-state index contributed by atoms with van der Waals surface area (Å²) in [4.78, 5) is 27.9. The second kappa shape index (κ2) is 7.61. The number of nitrogens with zero attached hydrogens (tertiary/aromatic N) is 1. The molecule has 0 bridgehead atoms. The number of hydrogen-bond acceptors (Lipinski definition) is 4. The van der Waals surface area contributed by atoms with E-state index in [1.165, 1.54) is 13.1 Å². The van der Waals surface area contributed by atoms with Crippen molar-refractivity contribution >= 4 is 28.8 Å². The highest BCUT2D eigenvalue weighted by Gasteiger charge is 2.08. The van der Waals surface area contributed by atoms with Crippen LogP contribution in [0.15, 0.2) is 67.0 Å². The number of ketones is 1. The summed E-state index contributed by atoms with van der Waals surface area (Å²) >= 11 is 0. The molecule has 0 fully saturated rings. The zero-order valence-electron chi connectivity index (χ0n) is 14.6. The van der Waals surface area contributed by atoms with Crippen molar-refractivity contribution in [1.82, 2.24) is 4.98 Å². The summed E-state index contributed by atoms with van der Waals surface area (Å²) in [6.45, 7) is 3.50. The third-order valence-corrected chi connectivity index (χ3v) is 3.86. The molecule has 5 nitrogen and oxygen atoms in total. The van der Waals surface area contributed by atoms with E-state index in [-0.39, 0.29) is 11.7 Å². The van der Waals surface area contributed by atoms with E-state index in [4.69, 9.17) is 0 Å². The zero-order chi connectivity index (χ0) is 18.5. The van der Waals surface area contributed by atoms with E-state index < -0.39 is 0 Å². The molecule has 2 aromatic carbocycles. The second-order valence-electron chi connectivity index (χ2n) is 6.04. The molecule has 130 valence electrons. The lowest BCUT2D eigenvalue weighted by Crippen LogP contribution is -2.12. The van der Waals surface area contributed by atoms with Crippen molar-refractivity contribution in [2.75, 3.05) is 10.6 Å². The topological polar surface area (TPSA) is 71.1 Å². The standard InChI is InChI=1S/C21H19N3O2/c1-14-4-3-5-19(10-14)24-21(26)17-11-20(13-22-12-17)23-18-8-6-16(7-9-18)15(2)25/h3-13,23H,1-2H3,(H,24,26). The first-order valence-electron chi connectivity index (χ1n) is 8.22. The van der Waals surface area contributed by atoms with E-state index in [1.807, 2.05) is 43.3 Å². The van der Waals surface area contributed by atoms with Gasteiger partial charge in [0.15, 0.2) is 5.78 Å². The summed E-state index contributed by atoms with van der Waals surface area (Å²) in [6, 6.07) is 16.5. The first-order chi connectivity index (χ1) is 12.5. The van der Waals surface area contributed by atoms with Crippen LogP contribution >= 0.6 is 0 Å². The van der Waals surface area contributed by atoms with Crippen molar-refractivity contribution in [3.05, 3.63) is 83.7 Å². The minimum Gasteiger partial charge on any atom is -0.354 e. The van der Waals surface area contributed by atoms with Gasteiger partial charge in [-0.05, 0) is 61.9 Å². The van der Waals surface area contributed by atoms with Crippen LogP contribution in [0.25, 0.3) is 0 Å². The number of carbonyl (C=O) groups excluding carboxylic acids is 2. The predicted octanol–water partition coefficient (Wildman–Crippen LogP) is 4.59. The molecule has 1 amide bonds. The van der Waals surface area contributed by atoms with Crippen LogP contribution in [0.1, 0.15) is 33.2 Å². The fraction of sp³-hybridized carbons (Fsp3) is 0.0952. The summed E-state index contributed by atoms with van der Waals surface area (Å²) in [7, 11) is 0. The predicted molar refractivity (Wildman–Crippen MR) is 103 cm³/mol. The maximum atomic E-state index is 12.4. The second-order valence-corrected chi connectivity index (χ2v) is 6.04. The van der Waals surface area contributed by atoms with Crippen LogP contribution in [-0.4, -0.2) is 16.7 Å². The summed E-state index contributed by atoms with van der Waals surface area (Å²) in [5, 5.41) is 6.05. The Morgan fingerprint density at radius 1 is 0.846 bits per heavy atom. The molecule has 1 heterocycles. The molecular formula is C21H19N3O2. The van der Waals surface area contributed by atoms with Gasteiger partial charge in [-0.1, -0.05) is 12.1 Å². The Morgan fingerprint density at radius 3 is 2.31 bits per heavy atom. The van der Waals surface area contributed by atoms with E-state index in [2.05, 4.69) is 15.6 Å². The van der Waals surface area contributed by atoms with Gasteiger partial charge in [0.1, 0.15) is 0 Å². The van der Waals surface area contributed by atoms with Crippen LogP contribution in [-0.2, 0) is 0 Å². The largest absolute Gasteiger partial charge is 0.354 e. The molecule has 0 radical (unpaired) electrons. The highest BCUT2D eigenvalue weighted by molar-refractivity contribution is 6.04. The Labute approximate surface area is 152 Å². The third-order valence-electron chi connectivity index (χ3n) is 3.86. The number of Topliss-reactive ketones (excluding diaryl/α,β-unsaturated/α-hetero) is 1. The Kier molecular flexibility index (Phi) is 5.08. The van der Waals surface area contributed by atoms with Crippen LogP contribution in [0, 0.1) is 6.92 Å². The fourth-order valence-electron chi connectivity index (χ4n) is 2.51. The molecule has 0 saturated heterocycles. The Balaban J connectivity index is 1.73. The van der Waals surface area contributed by atoms with E-state index >= 15 is 0 Å². The highest BCUT2D eigenvalue weighted by Crippen LogP contribution is 2.18. The Morgan fingerprint density at radius 2 is 1.62 bits per heavy atom. The van der Waals surface area contributed by atoms with Crippen molar-refractivity contribution in [2.45, 2.75) is 13.8 Å². The lowest BCUT2D eigenvalue weighted by atomic mass is 10.1.